The van der Waals surface area contributed by atoms with Gasteiger partial charge in [0.25, 0.3) is 0 Å². The lowest BCUT2D eigenvalue weighted by Gasteiger charge is -2.19. The highest BCUT2D eigenvalue weighted by atomic mass is 15.2. The first-order valence-electron chi connectivity index (χ1n) is 8.53. The van der Waals surface area contributed by atoms with E-state index in [4.69, 9.17) is 0 Å². The Balaban J connectivity index is 1.57. The van der Waals surface area contributed by atoms with Gasteiger partial charge in [-0.05, 0) is 25.1 Å². The van der Waals surface area contributed by atoms with E-state index in [0.717, 1.165) is 49.0 Å². The zero-order valence-electron chi connectivity index (χ0n) is 14.6. The van der Waals surface area contributed by atoms with Crippen LogP contribution < -0.4 is 5.32 Å². The van der Waals surface area contributed by atoms with E-state index < -0.39 is 0 Å². The summed E-state index contributed by atoms with van der Waals surface area (Å²) < 4.78 is 2.08. The van der Waals surface area contributed by atoms with Crippen molar-refractivity contribution in [2.75, 3.05) is 18.4 Å². The van der Waals surface area contributed by atoms with Crippen LogP contribution in [0, 0.1) is 6.92 Å². The van der Waals surface area contributed by atoms with Crippen LogP contribution in [0.5, 0.6) is 0 Å². The number of aromatic nitrogens is 4. The number of anilines is 1. The highest BCUT2D eigenvalue weighted by Crippen LogP contribution is 2.26. The predicted octanol–water partition coefficient (Wildman–Crippen LogP) is 2.61. The molecule has 0 saturated heterocycles. The minimum Gasteiger partial charge on any atom is -0.383 e. The van der Waals surface area contributed by atoms with Gasteiger partial charge in [-0.3, -0.25) is 14.9 Å². The number of rotatable bonds is 3. The van der Waals surface area contributed by atoms with Gasteiger partial charge in [0.15, 0.2) is 0 Å². The summed E-state index contributed by atoms with van der Waals surface area (Å²) in [6, 6.07) is 6.22. The molecular formula is C19H22N6. The Morgan fingerprint density at radius 1 is 1.16 bits per heavy atom. The average molecular weight is 334 g/mol. The molecule has 6 heteroatoms. The fraction of sp³-hybridized carbons (Fsp3) is 0.316. The number of nitrogens with zero attached hydrogens (tertiary/aromatic N) is 5. The molecule has 0 radical (unpaired) electrons. The van der Waals surface area contributed by atoms with Gasteiger partial charge in [-0.25, -0.2) is 4.98 Å². The van der Waals surface area contributed by atoms with Crippen LogP contribution in [0.3, 0.4) is 0 Å². The lowest BCUT2D eigenvalue weighted by molar-refractivity contribution is 0.262. The molecule has 4 heterocycles. The molecule has 25 heavy (non-hydrogen) atoms. The fourth-order valence-corrected chi connectivity index (χ4v) is 3.19. The van der Waals surface area contributed by atoms with Crippen LogP contribution in [0.15, 0.2) is 43.0 Å². The van der Waals surface area contributed by atoms with Crippen LogP contribution in [-0.4, -0.2) is 37.5 Å². The number of nitrogens with one attached hydrogen (secondary N) is 1. The molecule has 1 aliphatic heterocycles. The normalized spacial score (nSPS) is 14.6. The molecule has 1 N–H and O–H groups in total. The van der Waals surface area contributed by atoms with E-state index in [2.05, 4.69) is 41.9 Å². The summed E-state index contributed by atoms with van der Waals surface area (Å²) in [5.74, 6) is 1.08. The minimum absolute atomic E-state index is 0.843. The quantitative estimate of drug-likeness (QED) is 0.798. The Labute approximate surface area is 147 Å². The molecule has 0 aromatic carbocycles. The summed E-state index contributed by atoms with van der Waals surface area (Å²) >= 11 is 0. The second kappa shape index (κ2) is 6.64. The van der Waals surface area contributed by atoms with E-state index in [1.165, 1.54) is 11.3 Å². The second-order valence-corrected chi connectivity index (χ2v) is 6.50. The van der Waals surface area contributed by atoms with Crippen molar-refractivity contribution in [2.45, 2.75) is 20.0 Å². The topological polar surface area (TPSA) is 58.9 Å². The van der Waals surface area contributed by atoms with E-state index in [1.54, 1.807) is 0 Å². The van der Waals surface area contributed by atoms with E-state index in [1.807, 2.05) is 44.8 Å². The van der Waals surface area contributed by atoms with Crippen LogP contribution in [0.2, 0.25) is 0 Å². The Bertz CT molecular complexity index is 885. The predicted molar refractivity (Wildman–Crippen MR) is 98.0 cm³/mol. The first-order valence-corrected chi connectivity index (χ1v) is 8.53. The SMILES string of the molecule is Cc1cc(-c2cc3c(cn2)CN(Cc2nccn2C)CCN3)ccn1. The molecule has 0 aliphatic carbocycles. The van der Waals surface area contributed by atoms with Gasteiger partial charge in [-0.2, -0.15) is 0 Å². The van der Waals surface area contributed by atoms with Crippen LogP contribution in [0.4, 0.5) is 5.69 Å². The summed E-state index contributed by atoms with van der Waals surface area (Å²) in [5.41, 5.74) is 5.48. The van der Waals surface area contributed by atoms with Gasteiger partial charge in [0.1, 0.15) is 5.82 Å². The number of imidazole rings is 1. The number of pyridine rings is 2. The lowest BCUT2D eigenvalue weighted by atomic mass is 10.1. The fourth-order valence-electron chi connectivity index (χ4n) is 3.19. The number of hydrogen-bond acceptors (Lipinski definition) is 5. The molecule has 6 nitrogen and oxygen atoms in total. The van der Waals surface area contributed by atoms with Crippen LogP contribution in [-0.2, 0) is 20.1 Å². The minimum atomic E-state index is 0.843. The molecule has 0 saturated carbocycles. The van der Waals surface area contributed by atoms with E-state index in [-0.39, 0.29) is 0 Å². The number of aryl methyl sites for hydroxylation is 2. The maximum Gasteiger partial charge on any atom is 0.122 e. The molecule has 0 unspecified atom stereocenters. The molecule has 0 spiro atoms. The van der Waals surface area contributed by atoms with Crippen molar-refractivity contribution in [3.63, 3.8) is 0 Å². The molecule has 0 fully saturated rings. The van der Waals surface area contributed by atoms with Crippen molar-refractivity contribution in [1.29, 1.82) is 0 Å². The van der Waals surface area contributed by atoms with Crippen LogP contribution in [0.25, 0.3) is 11.3 Å². The molecule has 3 aromatic heterocycles. The van der Waals surface area contributed by atoms with Crippen molar-refractivity contribution in [3.05, 3.63) is 60.1 Å². The van der Waals surface area contributed by atoms with Crippen molar-refractivity contribution < 1.29 is 0 Å². The van der Waals surface area contributed by atoms with Crippen molar-refractivity contribution in [3.8, 4) is 11.3 Å². The molecule has 3 aromatic rings. The maximum absolute atomic E-state index is 4.68. The smallest absolute Gasteiger partial charge is 0.122 e. The van der Waals surface area contributed by atoms with Gasteiger partial charge in [-0.1, -0.05) is 0 Å². The summed E-state index contributed by atoms with van der Waals surface area (Å²) in [7, 11) is 2.04. The molecule has 0 amide bonds. The summed E-state index contributed by atoms with van der Waals surface area (Å²) in [5, 5.41) is 3.55. The monoisotopic (exact) mass is 334 g/mol. The molecule has 0 atom stereocenters. The summed E-state index contributed by atoms with van der Waals surface area (Å²) in [6.07, 6.45) is 7.66. The highest BCUT2D eigenvalue weighted by molar-refractivity contribution is 5.66. The third-order valence-corrected chi connectivity index (χ3v) is 4.60. The Morgan fingerprint density at radius 3 is 2.88 bits per heavy atom. The van der Waals surface area contributed by atoms with Gasteiger partial charge >= 0.3 is 0 Å². The van der Waals surface area contributed by atoms with E-state index in [9.17, 15) is 0 Å². The van der Waals surface area contributed by atoms with Gasteiger partial charge in [0.05, 0.1) is 12.2 Å². The average Bonchev–Trinajstić information content (AvgIpc) is 2.90. The molecule has 4 rings (SSSR count). The Hall–Kier alpha value is -2.73. The van der Waals surface area contributed by atoms with Crippen molar-refractivity contribution in [2.24, 2.45) is 7.05 Å². The largest absolute Gasteiger partial charge is 0.383 e. The molecule has 128 valence electrons. The van der Waals surface area contributed by atoms with Gasteiger partial charge < -0.3 is 9.88 Å². The molecular weight excluding hydrogens is 312 g/mol. The second-order valence-electron chi connectivity index (χ2n) is 6.50. The van der Waals surface area contributed by atoms with E-state index in [0.29, 0.717) is 0 Å². The highest BCUT2D eigenvalue weighted by Gasteiger charge is 2.17. The van der Waals surface area contributed by atoms with E-state index >= 15 is 0 Å². The molecule has 0 bridgehead atoms. The first kappa shape index (κ1) is 15.8. The van der Waals surface area contributed by atoms with Gasteiger partial charge in [-0.15, -0.1) is 0 Å². The Morgan fingerprint density at radius 2 is 2.08 bits per heavy atom. The maximum atomic E-state index is 4.68. The Kier molecular flexibility index (Phi) is 4.19. The number of fused-ring (bicyclic) bond motifs is 1. The van der Waals surface area contributed by atoms with Gasteiger partial charge in [0, 0.05) is 74.0 Å². The zero-order chi connectivity index (χ0) is 17.2. The standard InChI is InChI=1S/C19H22N6/c1-14-9-15(3-4-20-14)17-10-18-16(11-23-17)12-25(8-6-21-18)13-19-22-5-7-24(19)2/h3-5,7,9-11,21H,6,8,12-13H2,1-2H3. The summed E-state index contributed by atoms with van der Waals surface area (Å²) in [4.78, 5) is 15.8. The lowest BCUT2D eigenvalue weighted by Crippen LogP contribution is -2.26. The number of hydrogen-bond donors (Lipinski definition) is 1. The summed E-state index contributed by atoms with van der Waals surface area (Å²) in [6.45, 7) is 5.61. The third-order valence-electron chi connectivity index (χ3n) is 4.60. The van der Waals surface area contributed by atoms with Crippen molar-refractivity contribution in [1.82, 2.24) is 24.4 Å². The van der Waals surface area contributed by atoms with Crippen LogP contribution >= 0.6 is 0 Å². The third kappa shape index (κ3) is 3.39. The van der Waals surface area contributed by atoms with Gasteiger partial charge in [0.2, 0.25) is 0 Å². The molecule has 1 aliphatic rings. The first-order chi connectivity index (χ1) is 12.2. The zero-order valence-corrected chi connectivity index (χ0v) is 14.6. The van der Waals surface area contributed by atoms with Crippen LogP contribution in [0.1, 0.15) is 17.1 Å². The van der Waals surface area contributed by atoms with Crippen molar-refractivity contribution >= 4 is 5.69 Å².